The number of piperazine rings is 1. The Labute approximate surface area is 146 Å². The van der Waals surface area contributed by atoms with Crippen molar-refractivity contribution in [2.24, 2.45) is 0 Å². The normalized spacial score (nSPS) is 15.7. The molecule has 1 aliphatic heterocycles. The van der Waals surface area contributed by atoms with E-state index in [2.05, 4.69) is 67.8 Å². The van der Waals surface area contributed by atoms with Crippen LogP contribution in [0.4, 0.5) is 17.2 Å². The Balaban J connectivity index is 1.49. The van der Waals surface area contributed by atoms with Gasteiger partial charge >= 0.3 is 0 Å². The van der Waals surface area contributed by atoms with Crippen molar-refractivity contribution in [3.05, 3.63) is 35.9 Å². The molecule has 0 amide bonds. The molecule has 0 aliphatic carbocycles. The van der Waals surface area contributed by atoms with Gasteiger partial charge in [-0.2, -0.15) is 0 Å². The van der Waals surface area contributed by atoms with E-state index in [4.69, 9.17) is 0 Å². The molecule has 1 N–H and O–H groups in total. The number of tetrazole rings is 1. The molecule has 8 heteroatoms. The number of nitrogens with zero attached hydrogens (tertiary/aromatic N) is 7. The molecular weight excluding hydrogens is 316 g/mol. The maximum atomic E-state index is 4.36. The minimum absolute atomic E-state index is 0.629. The number of rotatable bonds is 4. The highest BCUT2D eigenvalue weighted by Crippen LogP contribution is 2.25. The number of nitrogens with one attached hydrogen (secondary N) is 1. The number of aryl methyl sites for hydroxylation is 1. The van der Waals surface area contributed by atoms with Crippen molar-refractivity contribution in [1.82, 2.24) is 30.2 Å². The smallest absolute Gasteiger partial charge is 0.200 e. The summed E-state index contributed by atoms with van der Waals surface area (Å²) in [6.45, 7) is 9.89. The van der Waals surface area contributed by atoms with Gasteiger partial charge in [0.2, 0.25) is 0 Å². The summed E-state index contributed by atoms with van der Waals surface area (Å²) in [7, 11) is 0. The largest absolute Gasteiger partial charge is 0.369 e. The fourth-order valence-electron chi connectivity index (χ4n) is 3.16. The predicted molar refractivity (Wildman–Crippen MR) is 97.4 cm³/mol. The fraction of sp³-hybridized carbons (Fsp3) is 0.412. The van der Waals surface area contributed by atoms with Gasteiger partial charge in [0, 0.05) is 37.6 Å². The summed E-state index contributed by atoms with van der Waals surface area (Å²) in [6.07, 6.45) is 0. The molecule has 1 fully saturated rings. The first-order chi connectivity index (χ1) is 12.2. The standard InChI is InChI=1S/C17H22N8/c1-3-23-8-10-24(11-9-23)14-4-5-15(13(2)12-14)18-16-6-7-17-19-21-22-25(17)20-16/h4-7,12H,3,8-11H2,1-2H3,(H,18,20). The topological polar surface area (TPSA) is 74.5 Å². The van der Waals surface area contributed by atoms with Crippen LogP contribution in [0.25, 0.3) is 5.65 Å². The molecule has 0 spiro atoms. The zero-order chi connectivity index (χ0) is 17.2. The highest BCUT2D eigenvalue weighted by Gasteiger charge is 2.16. The van der Waals surface area contributed by atoms with E-state index >= 15 is 0 Å². The maximum absolute atomic E-state index is 4.36. The van der Waals surface area contributed by atoms with Gasteiger partial charge < -0.3 is 15.1 Å². The van der Waals surface area contributed by atoms with E-state index in [-0.39, 0.29) is 0 Å². The fourth-order valence-corrected chi connectivity index (χ4v) is 3.16. The molecule has 1 saturated heterocycles. The number of likely N-dealkylation sites (N-methyl/N-ethyl adjacent to an activating group) is 1. The molecule has 130 valence electrons. The van der Waals surface area contributed by atoms with Crippen molar-refractivity contribution in [3.63, 3.8) is 0 Å². The summed E-state index contributed by atoms with van der Waals surface area (Å²) in [5.74, 6) is 0.715. The van der Waals surface area contributed by atoms with E-state index in [1.54, 1.807) is 0 Å². The minimum Gasteiger partial charge on any atom is -0.369 e. The minimum atomic E-state index is 0.629. The number of anilines is 3. The lowest BCUT2D eigenvalue weighted by atomic mass is 10.1. The van der Waals surface area contributed by atoms with E-state index in [0.29, 0.717) is 11.5 Å². The summed E-state index contributed by atoms with van der Waals surface area (Å²) in [4.78, 5) is 4.94. The highest BCUT2D eigenvalue weighted by atomic mass is 15.6. The number of hydrogen-bond acceptors (Lipinski definition) is 7. The number of hydrogen-bond donors (Lipinski definition) is 1. The number of aromatic nitrogens is 5. The molecule has 3 heterocycles. The molecule has 0 unspecified atom stereocenters. The van der Waals surface area contributed by atoms with E-state index in [9.17, 15) is 0 Å². The van der Waals surface area contributed by atoms with Crippen LogP contribution in [-0.4, -0.2) is 62.9 Å². The Bertz CT molecular complexity index is 866. The first kappa shape index (κ1) is 15.8. The lowest BCUT2D eigenvalue weighted by Gasteiger charge is -2.35. The Kier molecular flexibility index (Phi) is 4.19. The van der Waals surface area contributed by atoms with E-state index in [1.165, 1.54) is 15.9 Å². The Morgan fingerprint density at radius 2 is 1.92 bits per heavy atom. The van der Waals surface area contributed by atoms with Gasteiger partial charge in [0.15, 0.2) is 11.5 Å². The van der Waals surface area contributed by atoms with E-state index in [1.807, 2.05) is 12.1 Å². The molecule has 3 aromatic rings. The SMILES string of the molecule is CCN1CCN(c2ccc(Nc3ccc4nnnn4n3)c(C)c2)CC1. The Morgan fingerprint density at radius 3 is 2.68 bits per heavy atom. The third kappa shape index (κ3) is 3.25. The second-order valence-electron chi connectivity index (χ2n) is 6.29. The third-order valence-corrected chi connectivity index (χ3v) is 4.73. The molecular formula is C17H22N8. The van der Waals surface area contributed by atoms with Gasteiger partial charge in [-0.05, 0) is 59.8 Å². The van der Waals surface area contributed by atoms with Gasteiger partial charge in [-0.3, -0.25) is 0 Å². The van der Waals surface area contributed by atoms with Crippen molar-refractivity contribution in [3.8, 4) is 0 Å². The third-order valence-electron chi connectivity index (χ3n) is 4.73. The molecule has 1 aromatic carbocycles. The van der Waals surface area contributed by atoms with Crippen LogP contribution >= 0.6 is 0 Å². The summed E-state index contributed by atoms with van der Waals surface area (Å²) in [5.41, 5.74) is 4.14. The zero-order valence-electron chi connectivity index (χ0n) is 14.6. The molecule has 0 bridgehead atoms. The van der Waals surface area contributed by atoms with Gasteiger partial charge in [0.1, 0.15) is 0 Å². The van der Waals surface area contributed by atoms with Gasteiger partial charge in [0.05, 0.1) is 0 Å². The van der Waals surface area contributed by atoms with Crippen LogP contribution in [0.15, 0.2) is 30.3 Å². The monoisotopic (exact) mass is 338 g/mol. The van der Waals surface area contributed by atoms with Gasteiger partial charge in [0.25, 0.3) is 0 Å². The Hall–Kier alpha value is -2.74. The van der Waals surface area contributed by atoms with Crippen LogP contribution in [0.5, 0.6) is 0 Å². The molecule has 0 radical (unpaired) electrons. The van der Waals surface area contributed by atoms with Gasteiger partial charge in [-0.25, -0.2) is 0 Å². The molecule has 4 rings (SSSR count). The van der Waals surface area contributed by atoms with Crippen LogP contribution < -0.4 is 10.2 Å². The molecule has 1 aliphatic rings. The summed E-state index contributed by atoms with van der Waals surface area (Å²) < 4.78 is 1.42. The lowest BCUT2D eigenvalue weighted by molar-refractivity contribution is 0.271. The second-order valence-corrected chi connectivity index (χ2v) is 6.29. The van der Waals surface area contributed by atoms with Gasteiger partial charge in [-0.1, -0.05) is 6.92 Å². The van der Waals surface area contributed by atoms with Crippen LogP contribution in [-0.2, 0) is 0 Å². The summed E-state index contributed by atoms with van der Waals surface area (Å²) in [5, 5.41) is 19.0. The number of fused-ring (bicyclic) bond motifs is 1. The van der Waals surface area contributed by atoms with Crippen molar-refractivity contribution in [2.75, 3.05) is 42.9 Å². The zero-order valence-corrected chi connectivity index (χ0v) is 14.6. The predicted octanol–water partition coefficient (Wildman–Crippen LogP) is 1.71. The van der Waals surface area contributed by atoms with E-state index < -0.39 is 0 Å². The van der Waals surface area contributed by atoms with Crippen LogP contribution in [0, 0.1) is 6.92 Å². The average molecular weight is 338 g/mol. The number of benzene rings is 1. The van der Waals surface area contributed by atoms with Crippen LogP contribution in [0.1, 0.15) is 12.5 Å². The molecule has 0 atom stereocenters. The first-order valence-corrected chi connectivity index (χ1v) is 8.63. The van der Waals surface area contributed by atoms with Crippen molar-refractivity contribution < 1.29 is 0 Å². The highest BCUT2D eigenvalue weighted by molar-refractivity contribution is 5.65. The quantitative estimate of drug-likeness (QED) is 0.776. The summed E-state index contributed by atoms with van der Waals surface area (Å²) in [6, 6.07) is 10.2. The molecule has 25 heavy (non-hydrogen) atoms. The average Bonchev–Trinajstić information content (AvgIpc) is 3.11. The lowest BCUT2D eigenvalue weighted by Crippen LogP contribution is -2.46. The second kappa shape index (κ2) is 6.64. The van der Waals surface area contributed by atoms with Crippen molar-refractivity contribution in [2.45, 2.75) is 13.8 Å². The molecule has 0 saturated carbocycles. The first-order valence-electron chi connectivity index (χ1n) is 8.63. The van der Waals surface area contributed by atoms with Crippen molar-refractivity contribution in [1.29, 1.82) is 0 Å². The molecule has 2 aromatic heterocycles. The van der Waals surface area contributed by atoms with E-state index in [0.717, 1.165) is 38.4 Å². The van der Waals surface area contributed by atoms with Gasteiger partial charge in [-0.15, -0.1) is 14.8 Å². The van der Waals surface area contributed by atoms with Crippen LogP contribution in [0.3, 0.4) is 0 Å². The summed E-state index contributed by atoms with van der Waals surface area (Å²) >= 11 is 0. The maximum Gasteiger partial charge on any atom is 0.200 e. The Morgan fingerprint density at radius 1 is 1.08 bits per heavy atom. The molecule has 8 nitrogen and oxygen atoms in total. The van der Waals surface area contributed by atoms with Crippen LogP contribution in [0.2, 0.25) is 0 Å². The van der Waals surface area contributed by atoms with Crippen molar-refractivity contribution >= 4 is 22.8 Å².